The third-order valence-corrected chi connectivity index (χ3v) is 3.72. The molecule has 1 aliphatic carbocycles. The average molecular weight is 305 g/mol. The monoisotopic (exact) mass is 305 g/mol. The number of amides is 1. The number of rotatable bonds is 2. The van der Waals surface area contributed by atoms with E-state index in [-0.39, 0.29) is 6.04 Å². The molecule has 1 unspecified atom stereocenters. The molecule has 120 valence electrons. The van der Waals surface area contributed by atoms with E-state index >= 15 is 0 Å². The van der Waals surface area contributed by atoms with Gasteiger partial charge >= 0.3 is 13.2 Å². The maximum atomic E-state index is 12.0. The molecule has 0 aliphatic heterocycles. The molecule has 1 aromatic carbocycles. The fraction of sp³-hybridized carbons (Fsp3) is 0.562. The molecule has 0 aromatic heterocycles. The van der Waals surface area contributed by atoms with Gasteiger partial charge in [-0.25, -0.2) is 4.79 Å². The molecule has 5 nitrogen and oxygen atoms in total. The Balaban J connectivity index is 2.19. The summed E-state index contributed by atoms with van der Waals surface area (Å²) in [5.41, 5.74) is 2.05. The Morgan fingerprint density at radius 2 is 2.05 bits per heavy atom. The lowest BCUT2D eigenvalue weighted by Gasteiger charge is -2.24. The van der Waals surface area contributed by atoms with E-state index in [1.807, 2.05) is 32.9 Å². The van der Waals surface area contributed by atoms with Gasteiger partial charge in [-0.1, -0.05) is 24.6 Å². The van der Waals surface area contributed by atoms with E-state index in [4.69, 9.17) is 4.74 Å². The quantitative estimate of drug-likeness (QED) is 0.573. The summed E-state index contributed by atoms with van der Waals surface area (Å²) in [5, 5.41) is 21.5. The Morgan fingerprint density at radius 1 is 1.32 bits per heavy atom. The van der Waals surface area contributed by atoms with Crippen molar-refractivity contribution in [2.24, 2.45) is 0 Å². The molecule has 3 N–H and O–H groups in total. The molecule has 0 bridgehead atoms. The maximum Gasteiger partial charge on any atom is 0.488 e. The fourth-order valence-corrected chi connectivity index (χ4v) is 2.76. The van der Waals surface area contributed by atoms with Crippen LogP contribution >= 0.6 is 0 Å². The third-order valence-electron chi connectivity index (χ3n) is 3.72. The molecular formula is C16H24BNO4. The molecule has 1 aromatic rings. The standard InChI is InChI=1S/C16H24BNO4/c1-16(2,3)22-15(19)18-14-7-5-4-6-11-10-12(17(20)21)8-9-13(11)14/h8-10,14,20-21H,4-7H2,1-3H3,(H,18,19). The van der Waals surface area contributed by atoms with Crippen molar-refractivity contribution >= 4 is 18.7 Å². The lowest BCUT2D eigenvalue weighted by molar-refractivity contribution is 0.0501. The van der Waals surface area contributed by atoms with Gasteiger partial charge in [0.25, 0.3) is 0 Å². The summed E-state index contributed by atoms with van der Waals surface area (Å²) in [4.78, 5) is 12.0. The van der Waals surface area contributed by atoms with Crippen molar-refractivity contribution in [3.8, 4) is 0 Å². The van der Waals surface area contributed by atoms with E-state index in [1.165, 1.54) is 0 Å². The van der Waals surface area contributed by atoms with E-state index in [0.29, 0.717) is 5.46 Å². The second kappa shape index (κ2) is 6.71. The molecule has 1 aliphatic rings. The Kier molecular flexibility index (Phi) is 5.14. The van der Waals surface area contributed by atoms with Crippen molar-refractivity contribution in [3.63, 3.8) is 0 Å². The van der Waals surface area contributed by atoms with Crippen LogP contribution in [0.5, 0.6) is 0 Å². The minimum atomic E-state index is -1.47. The average Bonchev–Trinajstić information content (AvgIpc) is 2.58. The predicted octanol–water partition coefficient (Wildman–Crippen LogP) is 1.66. The zero-order chi connectivity index (χ0) is 16.3. The fourth-order valence-electron chi connectivity index (χ4n) is 2.76. The Hall–Kier alpha value is -1.53. The molecule has 1 atom stereocenters. The van der Waals surface area contributed by atoms with Crippen LogP contribution in [0, 0.1) is 0 Å². The van der Waals surface area contributed by atoms with Gasteiger partial charge in [-0.05, 0) is 56.6 Å². The first kappa shape index (κ1) is 16.8. The van der Waals surface area contributed by atoms with Gasteiger partial charge in [0.05, 0.1) is 6.04 Å². The minimum absolute atomic E-state index is 0.0998. The maximum absolute atomic E-state index is 12.0. The molecule has 6 heteroatoms. The number of fused-ring (bicyclic) bond motifs is 1. The Bertz CT molecular complexity index is 539. The smallest absolute Gasteiger partial charge is 0.444 e. The molecule has 0 heterocycles. The summed E-state index contributed by atoms with van der Waals surface area (Å²) in [6.45, 7) is 5.51. The largest absolute Gasteiger partial charge is 0.488 e. The van der Waals surface area contributed by atoms with Crippen LogP contribution in [0.4, 0.5) is 4.79 Å². The van der Waals surface area contributed by atoms with Gasteiger partial charge in [-0.3, -0.25) is 0 Å². The van der Waals surface area contributed by atoms with Crippen molar-refractivity contribution < 1.29 is 19.6 Å². The van der Waals surface area contributed by atoms with Gasteiger partial charge in [0.15, 0.2) is 0 Å². The highest BCUT2D eigenvalue weighted by Gasteiger charge is 2.24. The second-order valence-electron chi connectivity index (χ2n) is 6.78. The highest BCUT2D eigenvalue weighted by Crippen LogP contribution is 2.28. The van der Waals surface area contributed by atoms with Crippen LogP contribution in [0.25, 0.3) is 0 Å². The number of hydrogen-bond acceptors (Lipinski definition) is 4. The first-order valence-electron chi connectivity index (χ1n) is 7.74. The van der Waals surface area contributed by atoms with Crippen LogP contribution in [0.15, 0.2) is 18.2 Å². The van der Waals surface area contributed by atoms with Crippen molar-refractivity contribution in [2.75, 3.05) is 0 Å². The van der Waals surface area contributed by atoms with Gasteiger partial charge in [-0.2, -0.15) is 0 Å². The van der Waals surface area contributed by atoms with Gasteiger partial charge in [0.2, 0.25) is 0 Å². The van der Waals surface area contributed by atoms with Crippen molar-refractivity contribution in [1.82, 2.24) is 5.32 Å². The van der Waals surface area contributed by atoms with Crippen LogP contribution in [-0.4, -0.2) is 28.9 Å². The molecule has 0 saturated heterocycles. The highest BCUT2D eigenvalue weighted by atomic mass is 16.6. The van der Waals surface area contributed by atoms with Gasteiger partial charge < -0.3 is 20.1 Å². The van der Waals surface area contributed by atoms with Crippen molar-refractivity contribution in [1.29, 1.82) is 0 Å². The molecule has 2 rings (SSSR count). The minimum Gasteiger partial charge on any atom is -0.444 e. The summed E-state index contributed by atoms with van der Waals surface area (Å²) in [6.07, 6.45) is 3.34. The van der Waals surface area contributed by atoms with E-state index < -0.39 is 18.8 Å². The molecule has 0 radical (unpaired) electrons. The number of nitrogens with one attached hydrogen (secondary N) is 1. The number of carbonyl (C=O) groups is 1. The number of benzene rings is 1. The first-order valence-corrected chi connectivity index (χ1v) is 7.74. The lowest BCUT2D eigenvalue weighted by Crippen LogP contribution is -2.35. The topological polar surface area (TPSA) is 78.8 Å². The normalized spacial score (nSPS) is 18.1. The predicted molar refractivity (Wildman–Crippen MR) is 85.9 cm³/mol. The van der Waals surface area contributed by atoms with Crippen molar-refractivity contribution in [2.45, 2.75) is 58.1 Å². The summed E-state index contributed by atoms with van der Waals surface area (Å²) in [5.74, 6) is 0. The molecule has 0 fully saturated rings. The number of carbonyl (C=O) groups excluding carboxylic acids is 1. The van der Waals surface area contributed by atoms with Crippen LogP contribution in [0.3, 0.4) is 0 Å². The summed E-state index contributed by atoms with van der Waals surface area (Å²) in [6, 6.07) is 5.28. The van der Waals surface area contributed by atoms with Crippen LogP contribution in [0.2, 0.25) is 0 Å². The third kappa shape index (κ3) is 4.48. The van der Waals surface area contributed by atoms with Gasteiger partial charge in [0, 0.05) is 0 Å². The molecule has 22 heavy (non-hydrogen) atoms. The van der Waals surface area contributed by atoms with Crippen LogP contribution < -0.4 is 10.8 Å². The zero-order valence-electron chi connectivity index (χ0n) is 13.4. The number of alkyl carbamates (subject to hydrolysis) is 1. The Morgan fingerprint density at radius 3 is 2.68 bits per heavy atom. The first-order chi connectivity index (χ1) is 10.3. The van der Waals surface area contributed by atoms with E-state index in [0.717, 1.165) is 36.8 Å². The van der Waals surface area contributed by atoms with E-state index in [2.05, 4.69) is 5.32 Å². The molecular weight excluding hydrogens is 281 g/mol. The molecule has 0 spiro atoms. The van der Waals surface area contributed by atoms with Crippen LogP contribution in [0.1, 0.15) is 57.2 Å². The van der Waals surface area contributed by atoms with E-state index in [9.17, 15) is 14.8 Å². The summed E-state index contributed by atoms with van der Waals surface area (Å²) < 4.78 is 5.33. The Labute approximate surface area is 131 Å². The van der Waals surface area contributed by atoms with Crippen molar-refractivity contribution in [3.05, 3.63) is 29.3 Å². The summed E-state index contributed by atoms with van der Waals surface area (Å²) in [7, 11) is -1.47. The number of aryl methyl sites for hydroxylation is 1. The number of ether oxygens (including phenoxy) is 1. The lowest BCUT2D eigenvalue weighted by atomic mass is 9.78. The number of hydrogen-bond donors (Lipinski definition) is 3. The van der Waals surface area contributed by atoms with Gasteiger partial charge in [-0.15, -0.1) is 0 Å². The highest BCUT2D eigenvalue weighted by molar-refractivity contribution is 6.58. The molecule has 0 saturated carbocycles. The van der Waals surface area contributed by atoms with Gasteiger partial charge in [0.1, 0.15) is 5.60 Å². The molecule has 1 amide bonds. The van der Waals surface area contributed by atoms with E-state index in [1.54, 1.807) is 6.07 Å². The summed E-state index contributed by atoms with van der Waals surface area (Å²) >= 11 is 0. The zero-order valence-corrected chi connectivity index (χ0v) is 13.4. The second-order valence-corrected chi connectivity index (χ2v) is 6.78. The van der Waals surface area contributed by atoms with Crippen LogP contribution in [-0.2, 0) is 11.2 Å². The SMILES string of the molecule is CC(C)(C)OC(=O)NC1CCCCc2cc(B(O)O)ccc21.